The first-order chi connectivity index (χ1) is 20.4. The van der Waals surface area contributed by atoms with E-state index in [1.54, 1.807) is 24.3 Å². The normalized spacial score (nSPS) is 19.2. The van der Waals surface area contributed by atoms with Crippen molar-refractivity contribution >= 4 is 35.0 Å². The minimum Gasteiger partial charge on any atom is -0.385 e. The van der Waals surface area contributed by atoms with Crippen molar-refractivity contribution in [3.8, 4) is 0 Å². The van der Waals surface area contributed by atoms with Gasteiger partial charge in [0, 0.05) is 31.7 Å². The third-order valence-corrected chi connectivity index (χ3v) is 8.53. The third-order valence-electron chi connectivity index (χ3n) is 8.53. The van der Waals surface area contributed by atoms with Gasteiger partial charge >= 0.3 is 0 Å². The highest BCUT2D eigenvalue weighted by Crippen LogP contribution is 2.32. The molecule has 1 atom stereocenters. The van der Waals surface area contributed by atoms with Gasteiger partial charge in [0.1, 0.15) is 11.9 Å². The van der Waals surface area contributed by atoms with Crippen molar-refractivity contribution in [3.05, 3.63) is 94.8 Å². The summed E-state index contributed by atoms with van der Waals surface area (Å²) >= 11 is 0. The molecule has 8 nitrogen and oxygen atoms in total. The molecule has 1 unspecified atom stereocenters. The van der Waals surface area contributed by atoms with Crippen molar-refractivity contribution in [1.29, 1.82) is 0 Å². The molecule has 0 bridgehead atoms. The Morgan fingerprint density at radius 1 is 0.857 bits per heavy atom. The maximum atomic E-state index is 14.8. The summed E-state index contributed by atoms with van der Waals surface area (Å²) in [5.74, 6) is -1.77. The number of hydrogen-bond acceptors (Lipinski definition) is 6. The highest BCUT2D eigenvalue weighted by molar-refractivity contribution is 6.23. The molecule has 3 aliphatic heterocycles. The smallest absolute Gasteiger partial charge is 0.262 e. The molecule has 0 spiro atoms. The van der Waals surface area contributed by atoms with Crippen LogP contribution in [0.3, 0.4) is 0 Å². The molecule has 3 aliphatic rings. The van der Waals surface area contributed by atoms with Crippen LogP contribution in [0.5, 0.6) is 0 Å². The second-order valence-corrected chi connectivity index (χ2v) is 11.2. The molecule has 2 N–H and O–H groups in total. The van der Waals surface area contributed by atoms with E-state index in [1.165, 1.54) is 5.56 Å². The van der Waals surface area contributed by atoms with Gasteiger partial charge in [-0.25, -0.2) is 4.39 Å². The van der Waals surface area contributed by atoms with Crippen LogP contribution >= 0.6 is 0 Å². The van der Waals surface area contributed by atoms with Crippen molar-refractivity contribution in [2.45, 2.75) is 50.5 Å². The van der Waals surface area contributed by atoms with Crippen LogP contribution in [-0.4, -0.2) is 54.2 Å². The van der Waals surface area contributed by atoms with E-state index in [4.69, 9.17) is 0 Å². The number of fused-ring (bicyclic) bond motifs is 1. The van der Waals surface area contributed by atoms with Crippen molar-refractivity contribution in [3.63, 3.8) is 0 Å². The zero-order chi connectivity index (χ0) is 29.2. The Morgan fingerprint density at radius 2 is 1.62 bits per heavy atom. The fraction of sp³-hybridized carbons (Fsp3) is 0.333. The summed E-state index contributed by atoms with van der Waals surface area (Å²) in [5, 5.41) is 5.51. The molecule has 0 aromatic heterocycles. The zero-order valence-electron chi connectivity index (χ0n) is 23.3. The number of piperidine rings is 2. The molecule has 0 aliphatic carbocycles. The van der Waals surface area contributed by atoms with E-state index in [1.807, 2.05) is 18.2 Å². The predicted molar refractivity (Wildman–Crippen MR) is 157 cm³/mol. The van der Waals surface area contributed by atoms with Crippen LogP contribution < -0.4 is 15.5 Å². The number of halogens is 1. The van der Waals surface area contributed by atoms with Gasteiger partial charge in [-0.15, -0.1) is 0 Å². The Labute approximate surface area is 243 Å². The summed E-state index contributed by atoms with van der Waals surface area (Å²) in [5.41, 5.74) is 4.27. The van der Waals surface area contributed by atoms with E-state index in [0.717, 1.165) is 49.2 Å². The lowest BCUT2D eigenvalue weighted by Crippen LogP contribution is -2.54. The molecular weight excluding hydrogens is 535 g/mol. The summed E-state index contributed by atoms with van der Waals surface area (Å²) in [7, 11) is 0. The van der Waals surface area contributed by atoms with Gasteiger partial charge < -0.3 is 10.2 Å². The summed E-state index contributed by atoms with van der Waals surface area (Å²) in [6, 6.07) is 19.9. The van der Waals surface area contributed by atoms with Crippen LogP contribution in [0.2, 0.25) is 0 Å². The van der Waals surface area contributed by atoms with Crippen molar-refractivity contribution < 1.29 is 23.6 Å². The second kappa shape index (κ2) is 11.8. The first kappa shape index (κ1) is 27.6. The molecule has 9 heteroatoms. The topological polar surface area (TPSA) is 98.8 Å². The lowest BCUT2D eigenvalue weighted by Gasteiger charge is -2.34. The number of anilines is 2. The molecule has 216 valence electrons. The average Bonchev–Trinajstić information content (AvgIpc) is 3.25. The number of hydrogen-bond donors (Lipinski definition) is 2. The summed E-state index contributed by atoms with van der Waals surface area (Å²) < 4.78 is 14.8. The molecule has 4 amide bonds. The lowest BCUT2D eigenvalue weighted by molar-refractivity contribution is -0.136. The van der Waals surface area contributed by atoms with E-state index >= 15 is 0 Å². The molecule has 0 radical (unpaired) electrons. The van der Waals surface area contributed by atoms with Crippen LogP contribution in [0.4, 0.5) is 15.8 Å². The quantitative estimate of drug-likeness (QED) is 0.303. The van der Waals surface area contributed by atoms with Gasteiger partial charge in [0.15, 0.2) is 0 Å². The van der Waals surface area contributed by atoms with E-state index in [9.17, 15) is 23.6 Å². The number of aryl methyl sites for hydroxylation is 1. The summed E-state index contributed by atoms with van der Waals surface area (Å²) in [4.78, 5) is 52.8. The minimum atomic E-state index is -0.984. The SMILES string of the molecule is O=C1CCC(N2C(=O)c3ccc(NCCCc4ccc(F)c(N5CCC(c6ccccc6)CC5)c4)cc3C2=O)C(=O)N1. The fourth-order valence-corrected chi connectivity index (χ4v) is 6.24. The second-order valence-electron chi connectivity index (χ2n) is 11.2. The molecule has 2 fully saturated rings. The Balaban J connectivity index is 1.03. The standard InChI is InChI=1S/C33H33FN4O4/c34-27-11-8-21(19-29(27)37-17-14-23(15-18-37)22-6-2-1-3-7-22)5-4-16-35-24-9-10-25-26(20-24)33(42)38(32(25)41)28-12-13-30(39)36-31(28)40/h1-3,6-11,19-20,23,28,35H,4-5,12-18H2,(H,36,39,40). The van der Waals surface area contributed by atoms with Gasteiger partial charge in [0.25, 0.3) is 11.8 Å². The van der Waals surface area contributed by atoms with Crippen molar-refractivity contribution in [2.24, 2.45) is 0 Å². The van der Waals surface area contributed by atoms with E-state index in [-0.39, 0.29) is 29.8 Å². The van der Waals surface area contributed by atoms with Crippen LogP contribution in [0, 0.1) is 5.82 Å². The van der Waals surface area contributed by atoms with Gasteiger partial charge in [-0.1, -0.05) is 36.4 Å². The number of carbonyl (C=O) groups excluding carboxylic acids is 4. The molecule has 2 saturated heterocycles. The summed E-state index contributed by atoms with van der Waals surface area (Å²) in [6.07, 6.45) is 3.74. The van der Waals surface area contributed by atoms with Crippen LogP contribution in [-0.2, 0) is 16.0 Å². The number of nitrogens with zero attached hydrogens (tertiary/aromatic N) is 2. The first-order valence-electron chi connectivity index (χ1n) is 14.6. The van der Waals surface area contributed by atoms with Gasteiger partial charge in [-0.2, -0.15) is 0 Å². The molecule has 3 aromatic carbocycles. The van der Waals surface area contributed by atoms with E-state index in [0.29, 0.717) is 23.8 Å². The monoisotopic (exact) mass is 568 g/mol. The largest absolute Gasteiger partial charge is 0.385 e. The Bertz CT molecular complexity index is 1530. The van der Waals surface area contributed by atoms with Gasteiger partial charge in [-0.3, -0.25) is 29.4 Å². The van der Waals surface area contributed by atoms with Crippen LogP contribution in [0.1, 0.15) is 69.9 Å². The van der Waals surface area contributed by atoms with Gasteiger partial charge in [-0.05, 0) is 79.5 Å². The highest BCUT2D eigenvalue weighted by Gasteiger charge is 2.44. The number of imide groups is 2. The molecule has 42 heavy (non-hydrogen) atoms. The van der Waals surface area contributed by atoms with Gasteiger partial charge in [0.05, 0.1) is 16.8 Å². The minimum absolute atomic E-state index is 0.0823. The highest BCUT2D eigenvalue weighted by atomic mass is 19.1. The number of amides is 4. The molecule has 3 heterocycles. The fourth-order valence-electron chi connectivity index (χ4n) is 6.24. The Morgan fingerprint density at radius 3 is 2.38 bits per heavy atom. The van der Waals surface area contributed by atoms with Gasteiger partial charge in [0.2, 0.25) is 11.8 Å². The summed E-state index contributed by atoms with van der Waals surface area (Å²) in [6.45, 7) is 2.26. The van der Waals surface area contributed by atoms with Crippen LogP contribution in [0.25, 0.3) is 0 Å². The Kier molecular flexibility index (Phi) is 7.73. The molecule has 3 aromatic rings. The zero-order valence-corrected chi connectivity index (χ0v) is 23.3. The predicted octanol–water partition coefficient (Wildman–Crippen LogP) is 4.66. The lowest BCUT2D eigenvalue weighted by atomic mass is 9.89. The molecular formula is C33H33FN4O4. The van der Waals surface area contributed by atoms with Crippen LogP contribution in [0.15, 0.2) is 66.7 Å². The van der Waals surface area contributed by atoms with Crippen molar-refractivity contribution in [2.75, 3.05) is 29.9 Å². The number of benzene rings is 3. The van der Waals surface area contributed by atoms with E-state index in [2.05, 4.69) is 39.8 Å². The number of nitrogens with one attached hydrogen (secondary N) is 2. The first-order valence-corrected chi connectivity index (χ1v) is 14.6. The molecule has 0 saturated carbocycles. The maximum absolute atomic E-state index is 14.8. The molecule has 6 rings (SSSR count). The maximum Gasteiger partial charge on any atom is 0.262 e. The average molecular weight is 569 g/mol. The third kappa shape index (κ3) is 5.51. The van der Waals surface area contributed by atoms with E-state index < -0.39 is 29.7 Å². The number of rotatable bonds is 8. The Hall–Kier alpha value is -4.53. The number of carbonyl (C=O) groups is 4. The van der Waals surface area contributed by atoms with Crippen molar-refractivity contribution in [1.82, 2.24) is 10.2 Å².